The molecule has 0 bridgehead atoms. The third kappa shape index (κ3) is 6.20. The lowest BCUT2D eigenvalue weighted by Gasteiger charge is -2.08. The summed E-state index contributed by atoms with van der Waals surface area (Å²) in [4.78, 5) is 24.5. The van der Waals surface area contributed by atoms with E-state index in [1.165, 1.54) is 23.9 Å². The van der Waals surface area contributed by atoms with Gasteiger partial charge in [-0.25, -0.2) is 4.39 Å². The maximum Gasteiger partial charge on any atom is 0.232 e. The van der Waals surface area contributed by atoms with Gasteiger partial charge in [0.25, 0.3) is 0 Å². The third-order valence-electron chi connectivity index (χ3n) is 3.60. The van der Waals surface area contributed by atoms with E-state index in [0.29, 0.717) is 24.1 Å². The molecule has 0 aliphatic heterocycles. The van der Waals surface area contributed by atoms with Gasteiger partial charge in [0.05, 0.1) is 11.5 Å². The summed E-state index contributed by atoms with van der Waals surface area (Å²) in [5, 5.41) is 5.86. The predicted molar refractivity (Wildman–Crippen MR) is 108 cm³/mol. The van der Waals surface area contributed by atoms with E-state index in [-0.39, 0.29) is 23.4 Å². The molecule has 0 aliphatic rings. The zero-order valence-corrected chi connectivity index (χ0v) is 15.7. The van der Waals surface area contributed by atoms with E-state index in [0.717, 1.165) is 11.3 Å². The van der Waals surface area contributed by atoms with E-state index >= 15 is 0 Å². The number of hydrogen-bond donors (Lipinski definition) is 3. The summed E-state index contributed by atoms with van der Waals surface area (Å²) in [6, 6.07) is 15.5. The molecule has 3 aromatic rings. The predicted octanol–water partition coefficient (Wildman–Crippen LogP) is 2.89. The SMILES string of the molecule is Nc1nc(CSCC(=O)NCc2ccc(F)cc2)nc(Nc2ccccc2)n1. The van der Waals surface area contributed by atoms with Crippen LogP contribution in [0.25, 0.3) is 0 Å². The minimum absolute atomic E-state index is 0.116. The van der Waals surface area contributed by atoms with Crippen molar-refractivity contribution in [3.05, 3.63) is 71.8 Å². The minimum atomic E-state index is -0.302. The van der Waals surface area contributed by atoms with Gasteiger partial charge < -0.3 is 16.4 Å². The van der Waals surface area contributed by atoms with Crippen molar-refractivity contribution in [3.63, 3.8) is 0 Å². The van der Waals surface area contributed by atoms with Crippen LogP contribution in [-0.4, -0.2) is 26.6 Å². The maximum atomic E-state index is 12.9. The molecule has 0 saturated carbocycles. The molecule has 3 rings (SSSR count). The van der Waals surface area contributed by atoms with Crippen LogP contribution in [-0.2, 0) is 17.1 Å². The van der Waals surface area contributed by atoms with Gasteiger partial charge in [0.2, 0.25) is 17.8 Å². The fraction of sp³-hybridized carbons (Fsp3) is 0.158. The van der Waals surface area contributed by atoms with Gasteiger partial charge in [0, 0.05) is 12.2 Å². The lowest BCUT2D eigenvalue weighted by Crippen LogP contribution is -2.24. The van der Waals surface area contributed by atoms with E-state index in [1.54, 1.807) is 12.1 Å². The van der Waals surface area contributed by atoms with Gasteiger partial charge >= 0.3 is 0 Å². The summed E-state index contributed by atoms with van der Waals surface area (Å²) in [6.07, 6.45) is 0. The average molecular weight is 398 g/mol. The molecule has 1 heterocycles. The summed E-state index contributed by atoms with van der Waals surface area (Å²) in [6.45, 7) is 0.351. The fourth-order valence-electron chi connectivity index (χ4n) is 2.30. The summed E-state index contributed by atoms with van der Waals surface area (Å²) < 4.78 is 12.9. The molecule has 0 saturated heterocycles. The highest BCUT2D eigenvalue weighted by atomic mass is 32.2. The second-order valence-corrected chi connectivity index (χ2v) is 6.81. The van der Waals surface area contributed by atoms with Crippen molar-refractivity contribution in [1.82, 2.24) is 20.3 Å². The Hall–Kier alpha value is -3.20. The van der Waals surface area contributed by atoms with Crippen molar-refractivity contribution < 1.29 is 9.18 Å². The number of para-hydroxylation sites is 1. The minimum Gasteiger partial charge on any atom is -0.368 e. The Balaban J connectivity index is 1.47. The monoisotopic (exact) mass is 398 g/mol. The zero-order chi connectivity index (χ0) is 19.8. The molecule has 0 aliphatic carbocycles. The van der Waals surface area contributed by atoms with Crippen molar-refractivity contribution >= 4 is 35.3 Å². The number of nitrogens with zero attached hydrogens (tertiary/aromatic N) is 3. The lowest BCUT2D eigenvalue weighted by molar-refractivity contribution is -0.118. The number of benzene rings is 2. The smallest absolute Gasteiger partial charge is 0.232 e. The van der Waals surface area contributed by atoms with Crippen LogP contribution >= 0.6 is 11.8 Å². The quantitative estimate of drug-likeness (QED) is 0.536. The molecule has 4 N–H and O–H groups in total. The van der Waals surface area contributed by atoms with Crippen LogP contribution in [0.5, 0.6) is 0 Å². The fourth-order valence-corrected chi connectivity index (χ4v) is 3.00. The highest BCUT2D eigenvalue weighted by molar-refractivity contribution is 7.99. The second kappa shape index (κ2) is 9.65. The number of carbonyl (C=O) groups is 1. The van der Waals surface area contributed by atoms with Crippen LogP contribution in [0.15, 0.2) is 54.6 Å². The van der Waals surface area contributed by atoms with Crippen molar-refractivity contribution in [2.24, 2.45) is 0 Å². The molecule has 0 unspecified atom stereocenters. The highest BCUT2D eigenvalue weighted by Gasteiger charge is 2.07. The van der Waals surface area contributed by atoms with Crippen LogP contribution in [0.3, 0.4) is 0 Å². The highest BCUT2D eigenvalue weighted by Crippen LogP contribution is 2.15. The van der Waals surface area contributed by atoms with Gasteiger partial charge in [-0.15, -0.1) is 11.8 Å². The topological polar surface area (TPSA) is 106 Å². The molecular weight excluding hydrogens is 379 g/mol. The maximum absolute atomic E-state index is 12.9. The van der Waals surface area contributed by atoms with E-state index in [2.05, 4.69) is 25.6 Å². The Morgan fingerprint density at radius 1 is 1.04 bits per heavy atom. The largest absolute Gasteiger partial charge is 0.368 e. The van der Waals surface area contributed by atoms with E-state index in [9.17, 15) is 9.18 Å². The first kappa shape index (κ1) is 19.6. The molecule has 0 spiro atoms. The van der Waals surface area contributed by atoms with Crippen molar-refractivity contribution in [3.8, 4) is 0 Å². The lowest BCUT2D eigenvalue weighted by atomic mass is 10.2. The van der Waals surface area contributed by atoms with Gasteiger partial charge in [-0.1, -0.05) is 30.3 Å². The molecule has 1 aromatic heterocycles. The zero-order valence-electron chi connectivity index (χ0n) is 14.9. The van der Waals surface area contributed by atoms with Crippen LogP contribution in [0, 0.1) is 5.82 Å². The first-order chi connectivity index (χ1) is 13.6. The molecule has 7 nitrogen and oxygen atoms in total. The summed E-state index contributed by atoms with van der Waals surface area (Å²) >= 11 is 1.37. The molecule has 144 valence electrons. The van der Waals surface area contributed by atoms with Gasteiger partial charge in [0.1, 0.15) is 11.6 Å². The molecule has 1 amide bonds. The number of carbonyl (C=O) groups excluding carboxylic acids is 1. The molecule has 9 heteroatoms. The third-order valence-corrected chi connectivity index (χ3v) is 4.52. The number of nitrogens with two attached hydrogens (primary N) is 1. The summed E-state index contributed by atoms with van der Waals surface area (Å²) in [7, 11) is 0. The van der Waals surface area contributed by atoms with Gasteiger partial charge in [0.15, 0.2) is 0 Å². The number of anilines is 3. The number of aromatic nitrogens is 3. The summed E-state index contributed by atoms with van der Waals surface area (Å²) in [5.74, 6) is 1.19. The molecule has 0 atom stereocenters. The Labute approximate surface area is 166 Å². The molecular formula is C19H19FN6OS. The number of nitrogen functional groups attached to an aromatic ring is 1. The van der Waals surface area contributed by atoms with Gasteiger partial charge in [-0.05, 0) is 29.8 Å². The van der Waals surface area contributed by atoms with E-state index < -0.39 is 0 Å². The Morgan fingerprint density at radius 2 is 1.79 bits per heavy atom. The molecule has 2 aromatic carbocycles. The van der Waals surface area contributed by atoms with Crippen LogP contribution in [0.2, 0.25) is 0 Å². The summed E-state index contributed by atoms with van der Waals surface area (Å²) in [5.41, 5.74) is 7.42. The van der Waals surface area contributed by atoms with Crippen LogP contribution in [0.1, 0.15) is 11.4 Å². The number of amides is 1. The van der Waals surface area contributed by atoms with Crippen LogP contribution < -0.4 is 16.4 Å². The Bertz CT molecular complexity index is 923. The molecule has 0 fully saturated rings. The second-order valence-electron chi connectivity index (χ2n) is 5.82. The molecule has 0 radical (unpaired) electrons. The normalized spacial score (nSPS) is 10.5. The number of hydrogen-bond acceptors (Lipinski definition) is 7. The van der Waals surface area contributed by atoms with Gasteiger partial charge in [-0.3, -0.25) is 4.79 Å². The van der Waals surface area contributed by atoms with E-state index in [4.69, 9.17) is 5.73 Å². The number of thioether (sulfide) groups is 1. The van der Waals surface area contributed by atoms with Crippen molar-refractivity contribution in [1.29, 1.82) is 0 Å². The number of rotatable bonds is 8. The van der Waals surface area contributed by atoms with Crippen LogP contribution in [0.4, 0.5) is 22.0 Å². The molecule has 28 heavy (non-hydrogen) atoms. The van der Waals surface area contributed by atoms with Crippen molar-refractivity contribution in [2.45, 2.75) is 12.3 Å². The van der Waals surface area contributed by atoms with Crippen molar-refractivity contribution in [2.75, 3.05) is 16.8 Å². The standard InChI is InChI=1S/C19H19FN6OS/c20-14-8-6-13(7-9-14)10-22-17(27)12-28-11-16-24-18(21)26-19(25-16)23-15-4-2-1-3-5-15/h1-9H,10-12H2,(H,22,27)(H3,21,23,24,25,26). The average Bonchev–Trinajstić information content (AvgIpc) is 2.68. The Morgan fingerprint density at radius 3 is 2.54 bits per heavy atom. The first-order valence-electron chi connectivity index (χ1n) is 8.50. The number of nitrogens with one attached hydrogen (secondary N) is 2. The van der Waals surface area contributed by atoms with E-state index in [1.807, 2.05) is 30.3 Å². The Kier molecular flexibility index (Phi) is 6.74. The number of halogens is 1. The van der Waals surface area contributed by atoms with Gasteiger partial charge in [-0.2, -0.15) is 15.0 Å². The first-order valence-corrected chi connectivity index (χ1v) is 9.65.